The second-order valence-corrected chi connectivity index (χ2v) is 9.66. The van der Waals surface area contributed by atoms with Crippen LogP contribution in [0, 0.1) is 12.7 Å². The standard InChI is InChI=1S/C26H30FN3O3S/c1-4-30(5-2)18-21-11-7-6-10-20(21)17-28-26(31)23-16-22(15-14-19(23)3)34(32,33)29-25-13-9-8-12-24(25)27/h6-16,29H,4-5,17-18H2,1-3H3,(H,28,31). The molecule has 0 aliphatic carbocycles. The van der Waals surface area contributed by atoms with E-state index in [4.69, 9.17) is 0 Å². The van der Waals surface area contributed by atoms with Gasteiger partial charge in [-0.3, -0.25) is 14.4 Å². The van der Waals surface area contributed by atoms with Crippen LogP contribution in [-0.2, 0) is 23.1 Å². The number of nitrogens with zero attached hydrogens (tertiary/aromatic N) is 1. The Kier molecular flexibility index (Phi) is 8.41. The van der Waals surface area contributed by atoms with Crippen LogP contribution in [0.4, 0.5) is 10.1 Å². The van der Waals surface area contributed by atoms with Crippen LogP contribution in [0.2, 0.25) is 0 Å². The van der Waals surface area contributed by atoms with Crippen LogP contribution in [0.15, 0.2) is 71.6 Å². The summed E-state index contributed by atoms with van der Waals surface area (Å²) in [6.45, 7) is 8.92. The van der Waals surface area contributed by atoms with E-state index in [1.54, 1.807) is 13.0 Å². The number of hydrogen-bond acceptors (Lipinski definition) is 4. The molecule has 3 aromatic carbocycles. The third-order valence-electron chi connectivity index (χ3n) is 5.73. The molecule has 0 saturated heterocycles. The average molecular weight is 484 g/mol. The summed E-state index contributed by atoms with van der Waals surface area (Å²) < 4.78 is 41.8. The number of rotatable bonds is 10. The molecule has 3 rings (SSSR count). The number of nitrogens with one attached hydrogen (secondary N) is 2. The van der Waals surface area contributed by atoms with Gasteiger partial charge in [0.25, 0.3) is 15.9 Å². The van der Waals surface area contributed by atoms with Crippen LogP contribution in [0.1, 0.15) is 40.9 Å². The van der Waals surface area contributed by atoms with E-state index in [0.717, 1.165) is 30.8 Å². The molecule has 0 aliphatic rings. The van der Waals surface area contributed by atoms with Crippen molar-refractivity contribution in [1.82, 2.24) is 10.2 Å². The molecular formula is C26H30FN3O3S. The van der Waals surface area contributed by atoms with E-state index in [-0.39, 0.29) is 22.1 Å². The summed E-state index contributed by atoms with van der Waals surface area (Å²) >= 11 is 0. The highest BCUT2D eigenvalue weighted by atomic mass is 32.2. The normalized spacial score (nSPS) is 11.4. The molecule has 180 valence electrons. The number of halogens is 1. The van der Waals surface area contributed by atoms with Crippen LogP contribution >= 0.6 is 0 Å². The third kappa shape index (κ3) is 6.21. The van der Waals surface area contributed by atoms with Crippen molar-refractivity contribution in [3.05, 3.63) is 94.8 Å². The Labute approximate surface area is 200 Å². The predicted molar refractivity (Wildman–Crippen MR) is 133 cm³/mol. The van der Waals surface area contributed by atoms with Crippen molar-refractivity contribution in [2.45, 2.75) is 38.8 Å². The number of para-hydroxylation sites is 1. The van der Waals surface area contributed by atoms with Crippen LogP contribution in [0.3, 0.4) is 0 Å². The maximum Gasteiger partial charge on any atom is 0.262 e. The summed E-state index contributed by atoms with van der Waals surface area (Å²) in [4.78, 5) is 15.2. The Bertz CT molecular complexity index is 1260. The third-order valence-corrected chi connectivity index (χ3v) is 7.09. The van der Waals surface area contributed by atoms with E-state index in [0.29, 0.717) is 12.1 Å². The average Bonchev–Trinajstić information content (AvgIpc) is 2.83. The largest absolute Gasteiger partial charge is 0.348 e. The van der Waals surface area contributed by atoms with Gasteiger partial charge in [0.2, 0.25) is 0 Å². The summed E-state index contributed by atoms with van der Waals surface area (Å²) in [7, 11) is -4.08. The van der Waals surface area contributed by atoms with Gasteiger partial charge in [0.15, 0.2) is 0 Å². The fourth-order valence-corrected chi connectivity index (χ4v) is 4.70. The summed E-state index contributed by atoms with van der Waals surface area (Å²) in [6, 6.07) is 17.7. The molecule has 0 bridgehead atoms. The smallest absolute Gasteiger partial charge is 0.262 e. The molecule has 34 heavy (non-hydrogen) atoms. The van der Waals surface area contributed by atoms with Crippen LogP contribution in [0.5, 0.6) is 0 Å². The van der Waals surface area contributed by atoms with Gasteiger partial charge in [-0.1, -0.05) is 56.3 Å². The van der Waals surface area contributed by atoms with Crippen LogP contribution in [0.25, 0.3) is 0 Å². The van der Waals surface area contributed by atoms with Gasteiger partial charge in [-0.15, -0.1) is 0 Å². The molecule has 0 heterocycles. The Morgan fingerprint density at radius 2 is 1.59 bits per heavy atom. The minimum Gasteiger partial charge on any atom is -0.348 e. The lowest BCUT2D eigenvalue weighted by atomic mass is 10.1. The molecule has 0 spiro atoms. The predicted octanol–water partition coefficient (Wildman–Crippen LogP) is 4.71. The maximum absolute atomic E-state index is 13.9. The van der Waals surface area contributed by atoms with Crippen molar-refractivity contribution in [2.24, 2.45) is 0 Å². The van der Waals surface area contributed by atoms with Gasteiger partial charge in [0.05, 0.1) is 10.6 Å². The number of carbonyl (C=O) groups excluding carboxylic acids is 1. The second kappa shape index (κ2) is 11.3. The monoisotopic (exact) mass is 483 g/mol. The number of hydrogen-bond donors (Lipinski definition) is 2. The molecule has 8 heteroatoms. The zero-order valence-electron chi connectivity index (χ0n) is 19.6. The highest BCUT2D eigenvalue weighted by Gasteiger charge is 2.20. The van der Waals surface area contributed by atoms with E-state index in [1.807, 2.05) is 24.3 Å². The topological polar surface area (TPSA) is 78.5 Å². The Hall–Kier alpha value is -3.23. The molecule has 0 unspecified atom stereocenters. The van der Waals surface area contributed by atoms with Crippen molar-refractivity contribution in [1.29, 1.82) is 0 Å². The van der Waals surface area contributed by atoms with Crippen molar-refractivity contribution >= 4 is 21.6 Å². The maximum atomic E-state index is 13.9. The minimum atomic E-state index is -4.08. The van der Waals surface area contributed by atoms with Gasteiger partial charge in [-0.05, 0) is 61.0 Å². The molecule has 3 aromatic rings. The lowest BCUT2D eigenvalue weighted by Gasteiger charge is -2.20. The van der Waals surface area contributed by atoms with Gasteiger partial charge in [0.1, 0.15) is 5.82 Å². The van der Waals surface area contributed by atoms with E-state index in [1.165, 1.54) is 36.4 Å². The van der Waals surface area contributed by atoms with Crippen LogP contribution < -0.4 is 10.0 Å². The van der Waals surface area contributed by atoms with E-state index < -0.39 is 15.8 Å². The first-order valence-corrected chi connectivity index (χ1v) is 12.7. The first-order chi connectivity index (χ1) is 16.2. The Morgan fingerprint density at radius 1 is 0.941 bits per heavy atom. The summed E-state index contributed by atoms with van der Waals surface area (Å²) in [5.74, 6) is -1.06. The molecule has 0 fully saturated rings. The minimum absolute atomic E-state index is 0.117. The number of aryl methyl sites for hydroxylation is 1. The molecule has 0 saturated carbocycles. The van der Waals surface area contributed by atoms with E-state index >= 15 is 0 Å². The van der Waals surface area contributed by atoms with E-state index in [9.17, 15) is 17.6 Å². The summed E-state index contributed by atoms with van der Waals surface area (Å²) in [5.41, 5.74) is 2.87. The highest BCUT2D eigenvalue weighted by molar-refractivity contribution is 7.92. The molecule has 1 amide bonds. The lowest BCUT2D eigenvalue weighted by molar-refractivity contribution is 0.0950. The number of carbonyl (C=O) groups is 1. The summed E-state index contributed by atoms with van der Waals surface area (Å²) in [6.07, 6.45) is 0. The molecule has 0 aromatic heterocycles. The molecule has 6 nitrogen and oxygen atoms in total. The molecule has 2 N–H and O–H groups in total. The van der Waals surface area contributed by atoms with Gasteiger partial charge in [-0.2, -0.15) is 0 Å². The van der Waals surface area contributed by atoms with Gasteiger partial charge < -0.3 is 5.32 Å². The molecule has 0 radical (unpaired) electrons. The van der Waals surface area contributed by atoms with Crippen molar-refractivity contribution in [2.75, 3.05) is 17.8 Å². The lowest BCUT2D eigenvalue weighted by Crippen LogP contribution is -2.26. The summed E-state index contributed by atoms with van der Waals surface area (Å²) in [5, 5.41) is 2.91. The first-order valence-electron chi connectivity index (χ1n) is 11.2. The SMILES string of the molecule is CCN(CC)Cc1ccccc1CNC(=O)c1cc(S(=O)(=O)Nc2ccccc2F)ccc1C. The molecule has 0 aliphatic heterocycles. The van der Waals surface area contributed by atoms with Crippen molar-refractivity contribution < 1.29 is 17.6 Å². The Balaban J connectivity index is 1.78. The fraction of sp³-hybridized carbons (Fsp3) is 0.269. The second-order valence-electron chi connectivity index (χ2n) is 7.97. The Morgan fingerprint density at radius 3 is 2.26 bits per heavy atom. The van der Waals surface area contributed by atoms with Gasteiger partial charge in [0, 0.05) is 18.7 Å². The van der Waals surface area contributed by atoms with Crippen LogP contribution in [-0.4, -0.2) is 32.3 Å². The fourth-order valence-electron chi connectivity index (χ4n) is 3.60. The van der Waals surface area contributed by atoms with Crippen molar-refractivity contribution in [3.63, 3.8) is 0 Å². The van der Waals surface area contributed by atoms with Gasteiger partial charge in [-0.25, -0.2) is 12.8 Å². The zero-order chi connectivity index (χ0) is 24.7. The number of amides is 1. The zero-order valence-corrected chi connectivity index (χ0v) is 20.5. The molecular weight excluding hydrogens is 453 g/mol. The molecule has 0 atom stereocenters. The quantitative estimate of drug-likeness (QED) is 0.438. The highest BCUT2D eigenvalue weighted by Crippen LogP contribution is 2.21. The number of anilines is 1. The number of benzene rings is 3. The number of sulfonamides is 1. The van der Waals surface area contributed by atoms with Gasteiger partial charge >= 0.3 is 0 Å². The van der Waals surface area contributed by atoms with Crippen molar-refractivity contribution in [3.8, 4) is 0 Å². The van der Waals surface area contributed by atoms with E-state index in [2.05, 4.69) is 28.8 Å². The first kappa shape index (κ1) is 25.4.